The van der Waals surface area contributed by atoms with Gasteiger partial charge in [0.05, 0.1) is 36.2 Å². The normalized spacial score (nSPS) is 15.2. The van der Waals surface area contributed by atoms with Gasteiger partial charge in [0, 0.05) is 36.6 Å². The molecule has 3 aromatic rings. The Kier molecular flexibility index (Phi) is 10.9. The number of aliphatic imine (C=N–C) groups is 2. The minimum absolute atomic E-state index is 0.285. The van der Waals surface area contributed by atoms with Gasteiger partial charge in [-0.2, -0.15) is 5.26 Å². The number of carbonyl (C=O) groups is 1. The van der Waals surface area contributed by atoms with E-state index in [2.05, 4.69) is 21.7 Å². The van der Waals surface area contributed by atoms with Gasteiger partial charge in [-0.05, 0) is 89.9 Å². The lowest BCUT2D eigenvalue weighted by atomic mass is 9.98. The van der Waals surface area contributed by atoms with Crippen molar-refractivity contribution in [2.75, 3.05) is 19.7 Å². The Labute approximate surface area is 268 Å². The second kappa shape index (κ2) is 14.8. The van der Waals surface area contributed by atoms with Gasteiger partial charge in [0.2, 0.25) is 0 Å². The van der Waals surface area contributed by atoms with Gasteiger partial charge in [0.15, 0.2) is 11.7 Å². The van der Waals surface area contributed by atoms with Crippen LogP contribution in [0.2, 0.25) is 0 Å². The van der Waals surface area contributed by atoms with E-state index in [1.165, 1.54) is 17.0 Å². The van der Waals surface area contributed by atoms with E-state index < -0.39 is 23.0 Å². The van der Waals surface area contributed by atoms with Gasteiger partial charge >= 0.3 is 6.09 Å². The lowest BCUT2D eigenvalue weighted by molar-refractivity contribution is 0.0148. The summed E-state index contributed by atoms with van der Waals surface area (Å²) in [6.07, 6.45) is 5.94. The van der Waals surface area contributed by atoms with Crippen molar-refractivity contribution in [2.45, 2.75) is 59.1 Å². The first-order chi connectivity index (χ1) is 21.9. The van der Waals surface area contributed by atoms with E-state index in [-0.39, 0.29) is 6.09 Å². The molecule has 0 radical (unpaired) electrons. The van der Waals surface area contributed by atoms with Crippen LogP contribution in [0.1, 0.15) is 70.2 Å². The van der Waals surface area contributed by atoms with Crippen LogP contribution in [0.4, 0.5) is 9.18 Å². The molecule has 0 N–H and O–H groups in total. The fraction of sp³-hybridized carbons (Fsp3) is 0.371. The Morgan fingerprint density at radius 2 is 1.98 bits per heavy atom. The van der Waals surface area contributed by atoms with Gasteiger partial charge in [-0.15, -0.1) is 0 Å². The summed E-state index contributed by atoms with van der Waals surface area (Å²) in [7, 11) is 0. The maximum atomic E-state index is 14.8. The zero-order chi connectivity index (χ0) is 33.4. The zero-order valence-corrected chi connectivity index (χ0v) is 26.9. The number of piperidine rings is 1. The number of nitrogens with zero attached hydrogens (tertiary/aromatic N) is 6. The number of amides is 1. The number of amidine groups is 1. The smallest absolute Gasteiger partial charge is 0.410 e. The first-order valence-electron chi connectivity index (χ1n) is 15.1. The molecule has 240 valence electrons. The molecule has 0 spiro atoms. The van der Waals surface area contributed by atoms with Gasteiger partial charge in [0.25, 0.3) is 5.56 Å². The van der Waals surface area contributed by atoms with E-state index in [1.807, 2.05) is 58.0 Å². The molecule has 0 aliphatic carbocycles. The highest BCUT2D eigenvalue weighted by atomic mass is 19.1. The van der Waals surface area contributed by atoms with Gasteiger partial charge in [0.1, 0.15) is 11.4 Å². The molecule has 0 unspecified atom stereocenters. The summed E-state index contributed by atoms with van der Waals surface area (Å²) < 4.78 is 27.5. The van der Waals surface area contributed by atoms with Crippen molar-refractivity contribution < 1.29 is 18.7 Å². The average molecular weight is 627 g/mol. The molecule has 3 heterocycles. The third-order valence-corrected chi connectivity index (χ3v) is 7.56. The lowest BCUT2D eigenvalue weighted by Crippen LogP contribution is -2.42. The SMILES string of the molecule is C=NC(=N/C=C(\C)OCC1CCN(C(=O)OC(C)(C)C)CC1)c1cccc([C@@H](C)n2cc(-c3cc(C#N)ccn3)cc(F)c2=O)c1. The van der Waals surface area contributed by atoms with Gasteiger partial charge in [-0.25, -0.2) is 19.2 Å². The van der Waals surface area contributed by atoms with Crippen molar-refractivity contribution in [2.24, 2.45) is 15.9 Å². The number of hydrogen-bond donors (Lipinski definition) is 0. The molecule has 46 heavy (non-hydrogen) atoms. The topological polar surface area (TPSA) is 122 Å². The van der Waals surface area contributed by atoms with Crippen LogP contribution in [0, 0.1) is 23.1 Å². The van der Waals surface area contributed by atoms with Crippen molar-refractivity contribution in [1.82, 2.24) is 14.5 Å². The van der Waals surface area contributed by atoms with Gasteiger partial charge in [-0.1, -0.05) is 18.2 Å². The van der Waals surface area contributed by atoms with E-state index in [4.69, 9.17) is 9.47 Å². The number of hydrogen-bond acceptors (Lipinski definition) is 7. The van der Waals surface area contributed by atoms with Crippen molar-refractivity contribution in [3.05, 3.63) is 99.7 Å². The predicted octanol–water partition coefficient (Wildman–Crippen LogP) is 6.50. The Morgan fingerprint density at radius 1 is 1.24 bits per heavy atom. The third kappa shape index (κ3) is 8.75. The van der Waals surface area contributed by atoms with E-state index in [0.29, 0.717) is 59.6 Å². The number of carbonyl (C=O) groups excluding carboxylic acids is 1. The molecule has 2 aromatic heterocycles. The summed E-state index contributed by atoms with van der Waals surface area (Å²) >= 11 is 0. The van der Waals surface area contributed by atoms with E-state index in [0.717, 1.165) is 24.5 Å². The van der Waals surface area contributed by atoms with Crippen LogP contribution in [0.5, 0.6) is 0 Å². The Bertz CT molecular complexity index is 1740. The number of likely N-dealkylation sites (tertiary alicyclic amines) is 1. The molecule has 0 bridgehead atoms. The first-order valence-corrected chi connectivity index (χ1v) is 15.1. The molecule has 1 aliphatic heterocycles. The highest BCUT2D eigenvalue weighted by Gasteiger charge is 2.27. The standard InChI is InChI=1S/C35H39FN6O4/c1-23(45-22-25-11-14-41(15-12-25)34(44)46-35(3,4)5)20-40-32(38-6)28-9-7-8-27(17-28)24(2)42-21-29(18-30(36)33(42)43)31-16-26(19-37)10-13-39-31/h7-10,13,16-18,20-21,24-25H,6,11-12,14-15,22H2,1-5H3/b23-20+,40-32?/t24-/m1/s1. The van der Waals surface area contributed by atoms with Crippen molar-refractivity contribution in [3.8, 4) is 17.3 Å². The zero-order valence-electron chi connectivity index (χ0n) is 26.9. The second-order valence-corrected chi connectivity index (χ2v) is 12.2. The molecule has 0 saturated carbocycles. The summed E-state index contributed by atoms with van der Waals surface area (Å²) in [6.45, 7) is 14.6. The monoisotopic (exact) mass is 626 g/mol. The number of pyridine rings is 2. The molecule has 1 fully saturated rings. The number of halogens is 1. The second-order valence-electron chi connectivity index (χ2n) is 12.2. The number of nitriles is 1. The molecule has 1 aliphatic rings. The Hall–Kier alpha value is -5.11. The number of ether oxygens (including phenoxy) is 2. The van der Waals surface area contributed by atoms with Crippen LogP contribution >= 0.6 is 0 Å². The van der Waals surface area contributed by atoms with Crippen molar-refractivity contribution in [3.63, 3.8) is 0 Å². The summed E-state index contributed by atoms with van der Waals surface area (Å²) in [5.41, 5.74) is 1.22. The molecule has 1 aromatic carbocycles. The van der Waals surface area contributed by atoms with E-state index in [1.54, 1.807) is 30.2 Å². The molecule has 10 nitrogen and oxygen atoms in total. The Morgan fingerprint density at radius 3 is 2.65 bits per heavy atom. The average Bonchev–Trinajstić information content (AvgIpc) is 3.04. The summed E-state index contributed by atoms with van der Waals surface area (Å²) in [5, 5.41) is 9.24. The first kappa shape index (κ1) is 33.8. The van der Waals surface area contributed by atoms with E-state index in [9.17, 15) is 19.2 Å². The van der Waals surface area contributed by atoms with E-state index >= 15 is 0 Å². The third-order valence-electron chi connectivity index (χ3n) is 7.56. The largest absolute Gasteiger partial charge is 0.496 e. The quantitative estimate of drug-likeness (QED) is 0.160. The Balaban J connectivity index is 1.44. The fourth-order valence-electron chi connectivity index (χ4n) is 5.01. The molecule has 1 amide bonds. The van der Waals surface area contributed by atoms with Crippen LogP contribution in [0.25, 0.3) is 11.3 Å². The maximum absolute atomic E-state index is 14.8. The van der Waals surface area contributed by atoms with Crippen LogP contribution in [-0.2, 0) is 9.47 Å². The molecule has 1 atom stereocenters. The number of aromatic nitrogens is 2. The molecular weight excluding hydrogens is 587 g/mol. The highest BCUT2D eigenvalue weighted by Crippen LogP contribution is 2.24. The van der Waals surface area contributed by atoms with Crippen LogP contribution in [-0.4, -0.2) is 58.4 Å². The summed E-state index contributed by atoms with van der Waals surface area (Å²) in [5.74, 6) is 0.341. The number of rotatable bonds is 8. The van der Waals surface area contributed by atoms with Crippen molar-refractivity contribution in [1.29, 1.82) is 5.26 Å². The summed E-state index contributed by atoms with van der Waals surface area (Å²) in [6, 6.07) is 13.0. The van der Waals surface area contributed by atoms with Crippen LogP contribution < -0.4 is 5.56 Å². The van der Waals surface area contributed by atoms with Gasteiger partial charge in [-0.3, -0.25) is 9.78 Å². The summed E-state index contributed by atoms with van der Waals surface area (Å²) in [4.78, 5) is 39.7. The molecular formula is C35H39FN6O4. The number of allylic oxidation sites excluding steroid dienone is 1. The predicted molar refractivity (Wildman–Crippen MR) is 175 cm³/mol. The highest BCUT2D eigenvalue weighted by molar-refractivity contribution is 6.01. The molecule has 4 rings (SSSR count). The maximum Gasteiger partial charge on any atom is 0.410 e. The number of benzene rings is 1. The van der Waals surface area contributed by atoms with Crippen LogP contribution in [0.15, 0.2) is 81.6 Å². The minimum Gasteiger partial charge on any atom is -0.496 e. The molecule has 1 saturated heterocycles. The van der Waals surface area contributed by atoms with Crippen molar-refractivity contribution >= 4 is 18.6 Å². The molecule has 11 heteroatoms. The minimum atomic E-state index is -0.922. The van der Waals surface area contributed by atoms with Gasteiger partial charge < -0.3 is 18.9 Å². The lowest BCUT2D eigenvalue weighted by Gasteiger charge is -2.33. The fourth-order valence-corrected chi connectivity index (χ4v) is 5.01. The van der Waals surface area contributed by atoms with Crippen LogP contribution in [0.3, 0.4) is 0 Å².